The van der Waals surface area contributed by atoms with Crippen molar-refractivity contribution in [2.24, 2.45) is 27.7 Å². The van der Waals surface area contributed by atoms with E-state index in [1.807, 2.05) is 11.8 Å². The minimum atomic E-state index is 0.452. The highest BCUT2D eigenvalue weighted by atomic mass is 32.2. The number of hydrogen-bond acceptors (Lipinski definition) is 2. The van der Waals surface area contributed by atoms with Crippen molar-refractivity contribution in [3.05, 3.63) is 0 Å². The number of hydrogen-bond donors (Lipinski definition) is 1. The molecule has 18 heavy (non-hydrogen) atoms. The SMILES string of the molecule is CC(C)C1CCSC(=NCC2C(C)(C)C2(C)C)N1. The van der Waals surface area contributed by atoms with Crippen LogP contribution in [0.5, 0.6) is 0 Å². The Morgan fingerprint density at radius 1 is 1.28 bits per heavy atom. The topological polar surface area (TPSA) is 24.4 Å². The van der Waals surface area contributed by atoms with E-state index >= 15 is 0 Å². The smallest absolute Gasteiger partial charge is 0.156 e. The summed E-state index contributed by atoms with van der Waals surface area (Å²) in [7, 11) is 0. The van der Waals surface area contributed by atoms with Gasteiger partial charge in [-0.05, 0) is 29.1 Å². The molecule has 1 heterocycles. The van der Waals surface area contributed by atoms with Gasteiger partial charge in [-0.15, -0.1) is 0 Å². The molecule has 3 heteroatoms. The van der Waals surface area contributed by atoms with Gasteiger partial charge >= 0.3 is 0 Å². The van der Waals surface area contributed by atoms with Crippen molar-refractivity contribution in [2.75, 3.05) is 12.3 Å². The maximum Gasteiger partial charge on any atom is 0.156 e. The molecule has 2 nitrogen and oxygen atoms in total. The predicted molar refractivity (Wildman–Crippen MR) is 82.2 cm³/mol. The Balaban J connectivity index is 1.91. The zero-order chi connectivity index (χ0) is 13.6. The number of nitrogens with zero attached hydrogens (tertiary/aromatic N) is 1. The Kier molecular flexibility index (Phi) is 3.74. The molecular formula is C15H28N2S. The van der Waals surface area contributed by atoms with Crippen molar-refractivity contribution in [2.45, 2.75) is 54.0 Å². The summed E-state index contributed by atoms with van der Waals surface area (Å²) in [6.07, 6.45) is 1.27. The van der Waals surface area contributed by atoms with Crippen LogP contribution >= 0.6 is 11.8 Å². The van der Waals surface area contributed by atoms with E-state index < -0.39 is 0 Å². The lowest BCUT2D eigenvalue weighted by Gasteiger charge is -2.28. The van der Waals surface area contributed by atoms with Crippen LogP contribution in [0.1, 0.15) is 48.0 Å². The van der Waals surface area contributed by atoms with E-state index in [1.54, 1.807) is 0 Å². The summed E-state index contributed by atoms with van der Waals surface area (Å²) >= 11 is 1.89. The summed E-state index contributed by atoms with van der Waals surface area (Å²) in [5.74, 6) is 2.65. The molecule has 1 aliphatic heterocycles. The fourth-order valence-corrected chi connectivity index (χ4v) is 4.08. The van der Waals surface area contributed by atoms with E-state index in [0.29, 0.717) is 22.8 Å². The fraction of sp³-hybridized carbons (Fsp3) is 0.933. The van der Waals surface area contributed by atoms with Crippen LogP contribution in [0.25, 0.3) is 0 Å². The Labute approximate surface area is 116 Å². The average molecular weight is 268 g/mol. The number of aliphatic imine (C=N–C) groups is 1. The van der Waals surface area contributed by atoms with Crippen molar-refractivity contribution >= 4 is 16.9 Å². The van der Waals surface area contributed by atoms with E-state index in [1.165, 1.54) is 17.3 Å². The van der Waals surface area contributed by atoms with Crippen LogP contribution in [0.4, 0.5) is 0 Å². The molecule has 0 bridgehead atoms. The summed E-state index contributed by atoms with van der Waals surface area (Å²) in [5, 5.41) is 4.78. The maximum absolute atomic E-state index is 4.84. The van der Waals surface area contributed by atoms with Crippen molar-refractivity contribution in [3.8, 4) is 0 Å². The van der Waals surface area contributed by atoms with E-state index in [4.69, 9.17) is 4.99 Å². The first kappa shape index (κ1) is 14.2. The molecule has 2 fully saturated rings. The molecule has 104 valence electrons. The second kappa shape index (κ2) is 4.73. The molecule has 0 amide bonds. The molecule has 1 saturated heterocycles. The second-order valence-electron chi connectivity index (χ2n) is 7.27. The third-order valence-corrected chi connectivity index (χ3v) is 6.48. The Morgan fingerprint density at radius 3 is 2.39 bits per heavy atom. The van der Waals surface area contributed by atoms with E-state index in [0.717, 1.165) is 12.5 Å². The van der Waals surface area contributed by atoms with Crippen molar-refractivity contribution in [1.29, 1.82) is 0 Å². The van der Waals surface area contributed by atoms with E-state index in [9.17, 15) is 0 Å². The largest absolute Gasteiger partial charge is 0.362 e. The molecular weight excluding hydrogens is 240 g/mol. The normalized spacial score (nSPS) is 32.6. The van der Waals surface area contributed by atoms with Crippen molar-refractivity contribution in [1.82, 2.24) is 5.32 Å². The first-order valence-electron chi connectivity index (χ1n) is 7.20. The Morgan fingerprint density at radius 2 is 1.89 bits per heavy atom. The fourth-order valence-electron chi connectivity index (χ4n) is 3.11. The van der Waals surface area contributed by atoms with Gasteiger partial charge in [0, 0.05) is 18.3 Å². The highest BCUT2D eigenvalue weighted by molar-refractivity contribution is 8.13. The lowest BCUT2D eigenvalue weighted by atomic mass is 10.0. The molecule has 0 spiro atoms. The van der Waals surface area contributed by atoms with Crippen LogP contribution in [0.2, 0.25) is 0 Å². The molecule has 2 rings (SSSR count). The van der Waals surface area contributed by atoms with Crippen LogP contribution in [0, 0.1) is 22.7 Å². The standard InChI is InChI=1S/C15H28N2S/c1-10(2)11-7-8-18-13(17-11)16-9-12-14(3,4)15(12,5)6/h10-12H,7-9H2,1-6H3,(H,16,17). The molecule has 1 N–H and O–H groups in total. The van der Waals surface area contributed by atoms with Gasteiger partial charge in [0.15, 0.2) is 5.17 Å². The molecule has 1 saturated carbocycles. The summed E-state index contributed by atoms with van der Waals surface area (Å²) in [4.78, 5) is 4.84. The first-order valence-corrected chi connectivity index (χ1v) is 8.19. The Bertz CT molecular complexity index is 330. The molecule has 0 aromatic carbocycles. The molecule has 0 aromatic rings. The lowest BCUT2D eigenvalue weighted by Crippen LogP contribution is -2.41. The van der Waals surface area contributed by atoms with Gasteiger partial charge in [-0.3, -0.25) is 4.99 Å². The molecule has 2 aliphatic rings. The summed E-state index contributed by atoms with van der Waals surface area (Å²) in [6.45, 7) is 15.1. The molecule has 0 radical (unpaired) electrons. The van der Waals surface area contributed by atoms with Crippen LogP contribution in [-0.2, 0) is 0 Å². The highest BCUT2D eigenvalue weighted by Gasteiger charge is 2.64. The van der Waals surface area contributed by atoms with Gasteiger partial charge in [0.05, 0.1) is 0 Å². The van der Waals surface area contributed by atoms with E-state index in [-0.39, 0.29) is 0 Å². The van der Waals surface area contributed by atoms with Crippen molar-refractivity contribution < 1.29 is 0 Å². The molecule has 1 atom stereocenters. The van der Waals surface area contributed by atoms with Crippen LogP contribution in [-0.4, -0.2) is 23.5 Å². The molecule has 1 aliphatic carbocycles. The van der Waals surface area contributed by atoms with Gasteiger partial charge in [0.25, 0.3) is 0 Å². The number of amidine groups is 1. The summed E-state index contributed by atoms with van der Waals surface area (Å²) < 4.78 is 0. The minimum Gasteiger partial charge on any atom is -0.362 e. The lowest BCUT2D eigenvalue weighted by molar-refractivity contribution is 0.442. The van der Waals surface area contributed by atoms with Crippen molar-refractivity contribution in [3.63, 3.8) is 0 Å². The number of nitrogens with one attached hydrogen (secondary N) is 1. The van der Waals surface area contributed by atoms with Gasteiger partial charge in [0.1, 0.15) is 0 Å². The van der Waals surface area contributed by atoms with Gasteiger partial charge in [-0.2, -0.15) is 0 Å². The monoisotopic (exact) mass is 268 g/mol. The number of rotatable bonds is 3. The Hall–Kier alpha value is -0.180. The zero-order valence-corrected chi connectivity index (χ0v) is 13.5. The third-order valence-electron chi connectivity index (χ3n) is 5.52. The average Bonchev–Trinajstić information content (AvgIpc) is 2.67. The third kappa shape index (κ3) is 2.43. The minimum absolute atomic E-state index is 0.452. The molecule has 1 unspecified atom stereocenters. The van der Waals surface area contributed by atoms with Crippen LogP contribution in [0.3, 0.4) is 0 Å². The maximum atomic E-state index is 4.84. The summed E-state index contributed by atoms with van der Waals surface area (Å²) in [5.41, 5.74) is 0.904. The summed E-state index contributed by atoms with van der Waals surface area (Å²) in [6, 6.07) is 0.616. The number of thioether (sulfide) groups is 1. The van der Waals surface area contributed by atoms with Crippen LogP contribution < -0.4 is 5.32 Å². The van der Waals surface area contributed by atoms with Gasteiger partial charge < -0.3 is 5.32 Å². The van der Waals surface area contributed by atoms with Gasteiger partial charge in [-0.1, -0.05) is 53.3 Å². The molecule has 0 aromatic heterocycles. The highest BCUT2D eigenvalue weighted by Crippen LogP contribution is 2.68. The first-order chi connectivity index (χ1) is 8.26. The van der Waals surface area contributed by atoms with E-state index in [2.05, 4.69) is 46.9 Å². The zero-order valence-electron chi connectivity index (χ0n) is 12.7. The van der Waals surface area contributed by atoms with Gasteiger partial charge in [0.2, 0.25) is 0 Å². The quantitative estimate of drug-likeness (QED) is 0.842. The van der Waals surface area contributed by atoms with Gasteiger partial charge in [-0.25, -0.2) is 0 Å². The predicted octanol–water partition coefficient (Wildman–Crippen LogP) is 3.78. The van der Waals surface area contributed by atoms with Crippen LogP contribution in [0.15, 0.2) is 4.99 Å². The second-order valence-corrected chi connectivity index (χ2v) is 8.36.